The van der Waals surface area contributed by atoms with E-state index < -0.39 is 0 Å². The summed E-state index contributed by atoms with van der Waals surface area (Å²) in [4.78, 5) is 10.5. The molecule has 0 amide bonds. The number of nitrogens with zero attached hydrogens (tertiary/aromatic N) is 3. The molecule has 11 rings (SSSR count). The van der Waals surface area contributed by atoms with Gasteiger partial charge in [-0.15, -0.1) is 0 Å². The Labute approximate surface area is 298 Å². The van der Waals surface area contributed by atoms with Crippen molar-refractivity contribution in [3.63, 3.8) is 0 Å². The largest absolute Gasteiger partial charge is 0.454 e. The number of amidine groups is 2. The van der Waals surface area contributed by atoms with Crippen LogP contribution in [0.4, 0.5) is 0 Å². The summed E-state index contributed by atoms with van der Waals surface area (Å²) < 4.78 is 9.15. The molecule has 244 valence electrons. The first kappa shape index (κ1) is 28.8. The van der Waals surface area contributed by atoms with E-state index >= 15 is 0 Å². The molecule has 2 aromatic heterocycles. The first-order chi connectivity index (χ1) is 25.8. The molecule has 0 radical (unpaired) electrons. The van der Waals surface area contributed by atoms with E-state index in [4.69, 9.17) is 14.4 Å². The minimum absolute atomic E-state index is 0.347. The van der Waals surface area contributed by atoms with E-state index in [1.54, 1.807) is 0 Å². The summed E-state index contributed by atoms with van der Waals surface area (Å²) in [6.07, 6.45) is -0.347. The van der Waals surface area contributed by atoms with Gasteiger partial charge >= 0.3 is 0 Å². The SMILES string of the molecule is c1ccc2cc(C3=NC(c4ccc5ccccc5c4)NC(c4cccc5oc6c(-n7c8ccccc8c8ccccc87)cccc6c45)=N3)ccc2c1. The zero-order valence-corrected chi connectivity index (χ0v) is 28.0. The molecule has 3 heterocycles. The second-order valence-electron chi connectivity index (χ2n) is 13.4. The molecular weight excluding hydrogens is 637 g/mol. The van der Waals surface area contributed by atoms with E-state index in [9.17, 15) is 0 Å². The fourth-order valence-corrected chi connectivity index (χ4v) is 7.98. The van der Waals surface area contributed by atoms with E-state index in [-0.39, 0.29) is 6.17 Å². The average molecular weight is 667 g/mol. The highest BCUT2D eigenvalue weighted by molar-refractivity contribution is 6.23. The molecule has 0 fully saturated rings. The maximum absolute atomic E-state index is 6.82. The van der Waals surface area contributed by atoms with Crippen molar-refractivity contribution in [3.05, 3.63) is 187 Å². The first-order valence-corrected chi connectivity index (χ1v) is 17.6. The third-order valence-corrected chi connectivity index (χ3v) is 10.4. The Balaban J connectivity index is 1.12. The van der Waals surface area contributed by atoms with Gasteiger partial charge in [-0.25, -0.2) is 9.98 Å². The summed E-state index contributed by atoms with van der Waals surface area (Å²) in [5, 5.41) is 12.9. The molecule has 5 nitrogen and oxygen atoms in total. The molecule has 10 aromatic rings. The zero-order valence-electron chi connectivity index (χ0n) is 28.0. The van der Waals surface area contributed by atoms with E-state index in [1.165, 1.54) is 26.9 Å². The molecule has 1 unspecified atom stereocenters. The number of nitrogens with one attached hydrogen (secondary N) is 1. The second kappa shape index (κ2) is 11.3. The summed E-state index contributed by atoms with van der Waals surface area (Å²) in [5.41, 5.74) is 7.94. The number of furan rings is 1. The van der Waals surface area contributed by atoms with Gasteiger partial charge in [-0.2, -0.15) is 0 Å². The van der Waals surface area contributed by atoms with Gasteiger partial charge < -0.3 is 14.3 Å². The van der Waals surface area contributed by atoms with Crippen molar-refractivity contribution in [1.82, 2.24) is 9.88 Å². The van der Waals surface area contributed by atoms with E-state index in [0.29, 0.717) is 5.84 Å². The van der Waals surface area contributed by atoms with Crippen LogP contribution in [0, 0.1) is 0 Å². The van der Waals surface area contributed by atoms with Crippen molar-refractivity contribution < 1.29 is 4.42 Å². The third kappa shape index (κ3) is 4.42. The van der Waals surface area contributed by atoms with Crippen LogP contribution >= 0.6 is 0 Å². The summed E-state index contributed by atoms with van der Waals surface area (Å²) in [6.45, 7) is 0. The third-order valence-electron chi connectivity index (χ3n) is 10.4. The van der Waals surface area contributed by atoms with Gasteiger partial charge in [0.05, 0.1) is 16.7 Å². The molecule has 1 N–H and O–H groups in total. The predicted octanol–water partition coefficient (Wildman–Crippen LogP) is 11.5. The van der Waals surface area contributed by atoms with Crippen molar-refractivity contribution in [1.29, 1.82) is 0 Å². The molecule has 1 aliphatic heterocycles. The van der Waals surface area contributed by atoms with Crippen molar-refractivity contribution in [3.8, 4) is 5.69 Å². The van der Waals surface area contributed by atoms with Crippen molar-refractivity contribution in [2.75, 3.05) is 0 Å². The average Bonchev–Trinajstić information content (AvgIpc) is 3.76. The number of hydrogen-bond donors (Lipinski definition) is 1. The highest BCUT2D eigenvalue weighted by Crippen LogP contribution is 2.39. The highest BCUT2D eigenvalue weighted by Gasteiger charge is 2.25. The van der Waals surface area contributed by atoms with Gasteiger partial charge in [0.15, 0.2) is 11.4 Å². The number of benzene rings is 8. The molecule has 8 aromatic carbocycles. The van der Waals surface area contributed by atoms with Gasteiger partial charge in [0, 0.05) is 32.7 Å². The number of para-hydroxylation sites is 3. The van der Waals surface area contributed by atoms with Gasteiger partial charge in [-0.3, -0.25) is 0 Å². The minimum Gasteiger partial charge on any atom is -0.454 e. The molecule has 0 spiro atoms. The molecule has 1 atom stereocenters. The normalized spacial score (nSPS) is 14.7. The van der Waals surface area contributed by atoms with Crippen LogP contribution in [0.5, 0.6) is 0 Å². The van der Waals surface area contributed by atoms with Crippen LogP contribution in [-0.2, 0) is 0 Å². The van der Waals surface area contributed by atoms with E-state index in [0.717, 1.165) is 66.6 Å². The minimum atomic E-state index is -0.347. The number of aromatic nitrogens is 1. The Morgan fingerprint density at radius 1 is 0.538 bits per heavy atom. The highest BCUT2D eigenvalue weighted by atomic mass is 16.3. The van der Waals surface area contributed by atoms with E-state index in [1.807, 2.05) is 0 Å². The fourth-order valence-electron chi connectivity index (χ4n) is 7.98. The topological polar surface area (TPSA) is 54.8 Å². The van der Waals surface area contributed by atoms with Crippen LogP contribution < -0.4 is 5.32 Å². The summed E-state index contributed by atoms with van der Waals surface area (Å²) >= 11 is 0. The molecule has 0 aliphatic carbocycles. The number of aliphatic imine (C=N–C) groups is 2. The van der Waals surface area contributed by atoms with Gasteiger partial charge in [0.25, 0.3) is 0 Å². The molecular formula is C47H30N4O. The monoisotopic (exact) mass is 666 g/mol. The van der Waals surface area contributed by atoms with Gasteiger partial charge in [0.2, 0.25) is 0 Å². The number of hydrogen-bond acceptors (Lipinski definition) is 4. The van der Waals surface area contributed by atoms with Crippen molar-refractivity contribution >= 4 is 77.0 Å². The van der Waals surface area contributed by atoms with Crippen LogP contribution in [0.2, 0.25) is 0 Å². The summed E-state index contributed by atoms with van der Waals surface area (Å²) in [6, 6.07) is 59.7. The Bertz CT molecular complexity index is 3070. The van der Waals surface area contributed by atoms with Crippen molar-refractivity contribution in [2.45, 2.75) is 6.17 Å². The zero-order chi connectivity index (χ0) is 34.2. The van der Waals surface area contributed by atoms with Crippen LogP contribution in [-0.4, -0.2) is 16.2 Å². The predicted molar refractivity (Wildman–Crippen MR) is 215 cm³/mol. The summed E-state index contributed by atoms with van der Waals surface area (Å²) in [5.74, 6) is 1.44. The quantitative estimate of drug-likeness (QED) is 0.203. The lowest BCUT2D eigenvalue weighted by Gasteiger charge is -2.24. The molecule has 52 heavy (non-hydrogen) atoms. The van der Waals surface area contributed by atoms with Crippen LogP contribution in [0.25, 0.3) is 71.0 Å². The van der Waals surface area contributed by atoms with Crippen molar-refractivity contribution in [2.24, 2.45) is 9.98 Å². The lowest BCUT2D eigenvalue weighted by atomic mass is 10.0. The Hall–Kier alpha value is -6.98. The van der Waals surface area contributed by atoms with Gasteiger partial charge in [-0.1, -0.05) is 133 Å². The molecule has 0 saturated heterocycles. The Morgan fingerprint density at radius 2 is 1.17 bits per heavy atom. The first-order valence-electron chi connectivity index (χ1n) is 17.6. The lowest BCUT2D eigenvalue weighted by molar-refractivity contribution is 0.665. The van der Waals surface area contributed by atoms with Crippen LogP contribution in [0.1, 0.15) is 22.9 Å². The Kier molecular flexibility index (Phi) is 6.25. The molecule has 0 bridgehead atoms. The standard InChI is InChI=1S/C47H30N4O/c1-3-13-31-27-33(25-23-29(31)11-1)45-48-46(34-26-24-30-12-2-4-14-32(30)28-34)50-47(49-45)38-18-10-22-42-43(38)37-17-9-21-41(44(37)52-42)51-39-19-7-5-15-35(39)36-16-6-8-20-40(36)51/h1-28,45H,(H,48,49,50). The Morgan fingerprint density at radius 3 is 1.94 bits per heavy atom. The maximum Gasteiger partial charge on any atom is 0.159 e. The van der Waals surface area contributed by atoms with Gasteiger partial charge in [-0.05, 0) is 63.5 Å². The maximum atomic E-state index is 6.82. The van der Waals surface area contributed by atoms with E-state index in [2.05, 4.69) is 180 Å². The smallest absolute Gasteiger partial charge is 0.159 e. The van der Waals surface area contributed by atoms with Crippen LogP contribution in [0.3, 0.4) is 0 Å². The fraction of sp³-hybridized carbons (Fsp3) is 0.0213. The number of rotatable bonds is 4. The number of fused-ring (bicyclic) bond motifs is 8. The molecule has 5 heteroatoms. The lowest BCUT2D eigenvalue weighted by Crippen LogP contribution is -2.33. The van der Waals surface area contributed by atoms with Gasteiger partial charge in [0.1, 0.15) is 17.6 Å². The van der Waals surface area contributed by atoms with Crippen LogP contribution in [0.15, 0.2) is 184 Å². The molecule has 0 saturated carbocycles. The molecule has 1 aliphatic rings. The summed E-state index contributed by atoms with van der Waals surface area (Å²) in [7, 11) is 0. The second-order valence-corrected chi connectivity index (χ2v) is 13.4.